The smallest absolute Gasteiger partial charge is 0.0972 e. The van der Waals surface area contributed by atoms with Crippen molar-refractivity contribution in [3.8, 4) is 0 Å². The second kappa shape index (κ2) is 3.75. The van der Waals surface area contributed by atoms with Crippen LogP contribution in [0, 0.1) is 0 Å². The fourth-order valence-electron chi connectivity index (χ4n) is 1.33. The molecule has 1 rings (SSSR count). The Bertz CT molecular complexity index is 160. The molecule has 0 radical (unpaired) electrons. The van der Waals surface area contributed by atoms with Gasteiger partial charge in [-0.15, -0.1) is 11.7 Å². The van der Waals surface area contributed by atoms with Gasteiger partial charge in [0.15, 0.2) is 0 Å². The molecule has 12 heavy (non-hydrogen) atoms. The van der Waals surface area contributed by atoms with Crippen LogP contribution in [-0.4, -0.2) is 36.6 Å². The molecular weight excluding hydrogens is 192 g/mol. The molecule has 0 aliphatic carbocycles. The van der Waals surface area contributed by atoms with E-state index in [9.17, 15) is 0 Å². The van der Waals surface area contributed by atoms with Crippen LogP contribution >= 0.6 is 20.7 Å². The van der Waals surface area contributed by atoms with Crippen molar-refractivity contribution in [2.45, 2.75) is 24.0 Å². The average Bonchev–Trinajstić information content (AvgIpc) is 2.29. The molecule has 1 aliphatic heterocycles. The third-order valence-electron chi connectivity index (χ3n) is 2.14. The highest BCUT2D eigenvalue weighted by Gasteiger charge is 2.36. The van der Waals surface area contributed by atoms with Gasteiger partial charge in [-0.25, -0.2) is 0 Å². The first-order valence-corrected chi connectivity index (χ1v) is 7.57. The van der Waals surface area contributed by atoms with Gasteiger partial charge in [0.1, 0.15) is 0 Å². The van der Waals surface area contributed by atoms with E-state index in [2.05, 4.69) is 24.2 Å². The van der Waals surface area contributed by atoms with E-state index >= 15 is 0 Å². The van der Waals surface area contributed by atoms with E-state index in [0.29, 0.717) is 6.54 Å². The largest absolute Gasteiger partial charge is 0.362 e. The van der Waals surface area contributed by atoms with Crippen LogP contribution in [0.15, 0.2) is 0 Å². The van der Waals surface area contributed by atoms with Crippen LogP contribution in [0.5, 0.6) is 0 Å². The number of ether oxygens (including phenoxy) is 1. The van der Waals surface area contributed by atoms with Gasteiger partial charge < -0.3 is 16.2 Å². The lowest BCUT2D eigenvalue weighted by molar-refractivity contribution is 0.0918. The van der Waals surface area contributed by atoms with E-state index in [4.69, 9.17) is 16.2 Å². The summed E-state index contributed by atoms with van der Waals surface area (Å²) in [6, 6.07) is 0.0962. The van der Waals surface area contributed by atoms with Crippen LogP contribution in [0.3, 0.4) is 0 Å². The molecule has 1 saturated heterocycles. The fourth-order valence-corrected chi connectivity index (χ4v) is 2.84. The molecule has 0 aromatic rings. The van der Waals surface area contributed by atoms with E-state index in [1.54, 1.807) is 0 Å². The van der Waals surface area contributed by atoms with E-state index in [-0.39, 0.29) is 17.6 Å². The zero-order valence-electron chi connectivity index (χ0n) is 7.56. The quantitative estimate of drug-likeness (QED) is 0.454. The minimum absolute atomic E-state index is 0.0360. The minimum Gasteiger partial charge on any atom is -0.362 e. The maximum absolute atomic E-state index is 5.85. The van der Waals surface area contributed by atoms with Gasteiger partial charge in [0.2, 0.25) is 0 Å². The Hall–Kier alpha value is 0.580. The summed E-state index contributed by atoms with van der Waals surface area (Å²) in [5, 5.41) is 0. The van der Waals surface area contributed by atoms with Crippen molar-refractivity contribution in [3.63, 3.8) is 0 Å². The first kappa shape index (κ1) is 10.7. The van der Waals surface area contributed by atoms with Gasteiger partial charge in [-0.05, 0) is 18.9 Å². The summed E-state index contributed by atoms with van der Waals surface area (Å²) in [4.78, 5) is 0. The maximum Gasteiger partial charge on any atom is 0.0972 e. The van der Waals surface area contributed by atoms with Crippen molar-refractivity contribution >= 4 is 20.7 Å². The van der Waals surface area contributed by atoms with Gasteiger partial charge in [-0.1, -0.05) is 0 Å². The Kier molecular flexibility index (Phi) is 3.34. The van der Waals surface area contributed by atoms with Crippen molar-refractivity contribution < 1.29 is 4.74 Å². The van der Waals surface area contributed by atoms with Crippen LogP contribution < -0.4 is 11.5 Å². The molecule has 3 unspecified atom stereocenters. The molecular formula is C7H18N2OS2. The van der Waals surface area contributed by atoms with E-state index in [0.717, 1.165) is 6.42 Å². The number of hydrogen-bond acceptors (Lipinski definition) is 4. The Morgan fingerprint density at radius 1 is 1.58 bits per heavy atom. The van der Waals surface area contributed by atoms with Crippen molar-refractivity contribution in [3.05, 3.63) is 0 Å². The number of thiol groups is 1. The number of nitrogens with two attached hydrogens (primary N) is 2. The molecule has 74 valence electrons. The second-order valence-electron chi connectivity index (χ2n) is 3.59. The van der Waals surface area contributed by atoms with Gasteiger partial charge in [0, 0.05) is 12.6 Å². The van der Waals surface area contributed by atoms with Crippen molar-refractivity contribution in [1.82, 2.24) is 0 Å². The van der Waals surface area contributed by atoms with Crippen LogP contribution in [0.25, 0.3) is 0 Å². The van der Waals surface area contributed by atoms with Gasteiger partial charge in [-0.2, -0.15) is 9.06 Å². The van der Waals surface area contributed by atoms with E-state index in [1.165, 1.54) is 0 Å². The fraction of sp³-hybridized carbons (Fsp3) is 1.00. The van der Waals surface area contributed by atoms with E-state index < -0.39 is 9.06 Å². The summed E-state index contributed by atoms with van der Waals surface area (Å²) in [6.45, 7) is 0.515. The molecule has 0 saturated carbocycles. The maximum atomic E-state index is 5.85. The number of hydrogen-bond donors (Lipinski definition) is 3. The third kappa shape index (κ3) is 2.29. The summed E-state index contributed by atoms with van der Waals surface area (Å²) in [5.41, 5.74) is 11.6. The van der Waals surface area contributed by atoms with Crippen LogP contribution in [0.4, 0.5) is 0 Å². The molecule has 0 amide bonds. The Labute approximate surface area is 80.3 Å². The molecule has 3 nitrogen and oxygen atoms in total. The molecule has 3 atom stereocenters. The topological polar surface area (TPSA) is 61.3 Å². The zero-order chi connectivity index (χ0) is 9.35. The molecule has 1 aliphatic rings. The van der Waals surface area contributed by atoms with Crippen molar-refractivity contribution in [2.24, 2.45) is 11.5 Å². The normalized spacial score (nSPS) is 38.6. The lowest BCUT2D eigenvalue weighted by Crippen LogP contribution is -2.35. The summed E-state index contributed by atoms with van der Waals surface area (Å²) in [7, 11) is -0.942. The summed E-state index contributed by atoms with van der Waals surface area (Å²) < 4.78 is 5.70. The highest BCUT2D eigenvalue weighted by atomic mass is 33.1. The molecule has 0 aromatic carbocycles. The highest BCUT2D eigenvalue weighted by Crippen LogP contribution is 2.54. The van der Waals surface area contributed by atoms with Gasteiger partial charge >= 0.3 is 0 Å². The molecule has 5 heteroatoms. The van der Waals surface area contributed by atoms with Gasteiger partial charge in [-0.3, -0.25) is 0 Å². The molecule has 0 aromatic heterocycles. The zero-order valence-corrected chi connectivity index (χ0v) is 9.28. The summed E-state index contributed by atoms with van der Waals surface area (Å²) in [6.07, 6.45) is 5.17. The molecule has 1 heterocycles. The highest BCUT2D eigenvalue weighted by molar-refractivity contribution is 8.87. The first-order chi connectivity index (χ1) is 5.45. The molecule has 1 fully saturated rings. The minimum atomic E-state index is -0.942. The molecule has 0 bridgehead atoms. The molecule has 4 N–H and O–H groups in total. The van der Waals surface area contributed by atoms with Gasteiger partial charge in [0.05, 0.1) is 11.5 Å². The standard InChI is InChI=1S/C7H18N2OS2/c1-12(2,11)7-3-5(9)6(4-8)10-7/h5-7,11H,3-4,8-9H2,1-2H3. The van der Waals surface area contributed by atoms with Crippen LogP contribution in [-0.2, 0) is 4.74 Å². The van der Waals surface area contributed by atoms with Crippen LogP contribution in [0.2, 0.25) is 0 Å². The Morgan fingerprint density at radius 2 is 2.17 bits per heavy atom. The van der Waals surface area contributed by atoms with Crippen molar-refractivity contribution in [2.75, 3.05) is 19.1 Å². The monoisotopic (exact) mass is 210 g/mol. The summed E-state index contributed by atoms with van der Waals surface area (Å²) >= 11 is 4.53. The lowest BCUT2D eigenvalue weighted by Gasteiger charge is -2.31. The second-order valence-corrected chi connectivity index (χ2v) is 9.64. The lowest BCUT2D eigenvalue weighted by atomic mass is 10.1. The predicted molar refractivity (Wildman–Crippen MR) is 58.7 cm³/mol. The average molecular weight is 210 g/mol. The Morgan fingerprint density at radius 3 is 2.42 bits per heavy atom. The van der Waals surface area contributed by atoms with Crippen LogP contribution in [0.1, 0.15) is 6.42 Å². The number of rotatable bonds is 2. The third-order valence-corrected chi connectivity index (χ3v) is 4.44. The predicted octanol–water partition coefficient (Wildman–Crippen LogP) is 0.296. The Balaban J connectivity index is 2.54. The summed E-state index contributed by atoms with van der Waals surface area (Å²) in [5.74, 6) is 0. The van der Waals surface area contributed by atoms with E-state index in [1.807, 2.05) is 0 Å². The van der Waals surface area contributed by atoms with Crippen molar-refractivity contribution in [1.29, 1.82) is 0 Å². The first-order valence-electron chi connectivity index (χ1n) is 4.01. The molecule has 0 spiro atoms. The van der Waals surface area contributed by atoms with Gasteiger partial charge in [0.25, 0.3) is 0 Å². The SMILES string of the molecule is CS(C)(S)C1CC(N)C(CN)O1.